The number of hydrogen-bond donors (Lipinski definition) is 3. The Balaban J connectivity index is 1.79. The summed E-state index contributed by atoms with van der Waals surface area (Å²) in [4.78, 5) is 56.0. The molecule has 0 aliphatic carbocycles. The molecular formula is C29H34BrN3O6. The maximum atomic E-state index is 13.6. The zero-order chi connectivity index (χ0) is 28.4. The fraction of sp³-hybridized carbons (Fsp3) is 0.414. The lowest BCUT2D eigenvalue weighted by atomic mass is 9.84. The van der Waals surface area contributed by atoms with E-state index in [1.807, 2.05) is 74.5 Å². The third kappa shape index (κ3) is 8.48. The molecule has 1 aliphatic heterocycles. The minimum atomic E-state index is -1.51. The molecule has 0 fully saturated rings. The van der Waals surface area contributed by atoms with Gasteiger partial charge >= 0.3 is 5.97 Å². The van der Waals surface area contributed by atoms with Crippen molar-refractivity contribution in [3.63, 3.8) is 0 Å². The molecule has 3 atom stereocenters. The normalized spacial score (nSPS) is 18.0. The summed E-state index contributed by atoms with van der Waals surface area (Å²) in [7, 11) is 0. The quantitative estimate of drug-likeness (QED) is 0.285. The van der Waals surface area contributed by atoms with Crippen LogP contribution in [0.25, 0.3) is 0 Å². The van der Waals surface area contributed by atoms with Crippen LogP contribution in [0.4, 0.5) is 0 Å². The fourth-order valence-corrected chi connectivity index (χ4v) is 4.87. The molecule has 3 N–H and O–H groups in total. The summed E-state index contributed by atoms with van der Waals surface area (Å²) in [6, 6.07) is 17.2. The number of halogens is 1. The number of hydrogen-bond acceptors (Lipinski definition) is 6. The van der Waals surface area contributed by atoms with Gasteiger partial charge in [-0.05, 0) is 23.5 Å². The number of nitrogens with one attached hydrogen (secondary N) is 2. The highest BCUT2D eigenvalue weighted by atomic mass is 79.9. The van der Waals surface area contributed by atoms with Gasteiger partial charge in [-0.25, -0.2) is 0 Å². The van der Waals surface area contributed by atoms with E-state index in [1.165, 1.54) is 0 Å². The Bertz CT molecular complexity index is 1190. The number of alkyl halides is 1. The molecule has 1 aliphatic rings. The Labute approximate surface area is 236 Å². The Morgan fingerprint density at radius 3 is 2.18 bits per heavy atom. The van der Waals surface area contributed by atoms with Crippen molar-refractivity contribution >= 4 is 45.2 Å². The van der Waals surface area contributed by atoms with Crippen LogP contribution < -0.4 is 10.6 Å². The SMILES string of the molecule is CC(C)[C@H](NC(=O)CCc1ccccc1)C1=NOC(Cc2ccccc2)(C(=O)N[C@@H](CC(=O)O)C(=O)CBr)C1. The highest BCUT2D eigenvalue weighted by molar-refractivity contribution is 9.09. The number of rotatable bonds is 14. The molecule has 2 aromatic rings. The first kappa shape index (κ1) is 30.0. The molecule has 1 unspecified atom stereocenters. The zero-order valence-corrected chi connectivity index (χ0v) is 23.6. The Kier molecular flexibility index (Phi) is 10.8. The van der Waals surface area contributed by atoms with Crippen molar-refractivity contribution in [3.8, 4) is 0 Å². The minimum absolute atomic E-state index is 0.0432. The summed E-state index contributed by atoms with van der Waals surface area (Å²) in [5.41, 5.74) is 0.856. The van der Waals surface area contributed by atoms with E-state index in [-0.39, 0.29) is 30.0 Å². The van der Waals surface area contributed by atoms with Crippen molar-refractivity contribution in [2.24, 2.45) is 11.1 Å². The molecule has 1 heterocycles. The summed E-state index contributed by atoms with van der Waals surface area (Å²) in [5.74, 6) is -2.50. The maximum Gasteiger partial charge on any atom is 0.305 e. The summed E-state index contributed by atoms with van der Waals surface area (Å²) in [6.45, 7) is 3.89. The molecule has 0 spiro atoms. The first-order chi connectivity index (χ1) is 18.6. The highest BCUT2D eigenvalue weighted by Crippen LogP contribution is 2.31. The molecule has 0 radical (unpaired) electrons. The van der Waals surface area contributed by atoms with Gasteiger partial charge in [-0.3, -0.25) is 19.2 Å². The summed E-state index contributed by atoms with van der Waals surface area (Å²) >= 11 is 3.05. The molecule has 0 saturated heterocycles. The maximum absolute atomic E-state index is 13.6. The van der Waals surface area contributed by atoms with E-state index < -0.39 is 41.8 Å². The fourth-order valence-electron chi connectivity index (χ4n) is 4.48. The average molecular weight is 601 g/mol. The predicted molar refractivity (Wildman–Crippen MR) is 151 cm³/mol. The predicted octanol–water partition coefficient (Wildman–Crippen LogP) is 3.44. The topological polar surface area (TPSA) is 134 Å². The number of Topliss-reactive ketones (excluding diaryl/α,β-unsaturated/α-hetero) is 1. The van der Waals surface area contributed by atoms with E-state index in [2.05, 4.69) is 31.7 Å². The number of ketones is 1. The first-order valence-corrected chi connectivity index (χ1v) is 14.0. The molecule has 2 aromatic carbocycles. The number of carboxylic acid groups (broad SMARTS) is 1. The van der Waals surface area contributed by atoms with E-state index in [1.54, 1.807) is 0 Å². The number of aryl methyl sites for hydroxylation is 1. The van der Waals surface area contributed by atoms with Crippen molar-refractivity contribution in [1.82, 2.24) is 10.6 Å². The van der Waals surface area contributed by atoms with Gasteiger partial charge < -0.3 is 20.6 Å². The van der Waals surface area contributed by atoms with E-state index >= 15 is 0 Å². The second-order valence-electron chi connectivity index (χ2n) is 10.0. The van der Waals surface area contributed by atoms with E-state index in [4.69, 9.17) is 4.84 Å². The van der Waals surface area contributed by atoms with Crippen LogP contribution in [0.3, 0.4) is 0 Å². The van der Waals surface area contributed by atoms with Crippen molar-refractivity contribution < 1.29 is 29.1 Å². The standard InChI is InChI=1S/C29H34BrN3O6/c1-19(2)27(32-25(35)14-13-20-9-5-3-6-10-20)23-17-29(39-33-23,16-21-11-7-4-8-12-21)28(38)31-22(15-26(36)37)24(34)18-30/h3-12,19,22,27H,13-18H2,1-2H3,(H,31,38)(H,32,35)(H,36,37)/t22-,27-,29?/m0/s1. The van der Waals surface area contributed by atoms with Gasteiger partial charge in [0.05, 0.1) is 29.5 Å². The van der Waals surface area contributed by atoms with Gasteiger partial charge in [0.2, 0.25) is 11.5 Å². The smallest absolute Gasteiger partial charge is 0.305 e. The molecule has 0 bridgehead atoms. The molecule has 0 aromatic heterocycles. The molecule has 208 valence electrons. The third-order valence-corrected chi connectivity index (χ3v) is 7.13. The number of carbonyl (C=O) groups excluding carboxylic acids is 3. The van der Waals surface area contributed by atoms with Crippen LogP contribution in [0, 0.1) is 5.92 Å². The van der Waals surface area contributed by atoms with Gasteiger partial charge in [-0.2, -0.15) is 0 Å². The van der Waals surface area contributed by atoms with Crippen LogP contribution in [0.1, 0.15) is 44.2 Å². The molecule has 39 heavy (non-hydrogen) atoms. The highest BCUT2D eigenvalue weighted by Gasteiger charge is 2.49. The van der Waals surface area contributed by atoms with Crippen molar-refractivity contribution in [1.29, 1.82) is 0 Å². The van der Waals surface area contributed by atoms with Gasteiger partial charge in [-0.15, -0.1) is 0 Å². The lowest BCUT2D eigenvalue weighted by molar-refractivity contribution is -0.147. The second kappa shape index (κ2) is 14.0. The van der Waals surface area contributed by atoms with Crippen molar-refractivity contribution in [2.45, 2.75) is 63.6 Å². The van der Waals surface area contributed by atoms with Crippen LogP contribution >= 0.6 is 15.9 Å². The lowest BCUT2D eigenvalue weighted by Gasteiger charge is -2.29. The minimum Gasteiger partial charge on any atom is -0.481 e. The van der Waals surface area contributed by atoms with E-state index in [9.17, 15) is 24.3 Å². The molecule has 0 saturated carbocycles. The van der Waals surface area contributed by atoms with Crippen molar-refractivity contribution in [2.75, 3.05) is 5.33 Å². The number of benzene rings is 2. The van der Waals surface area contributed by atoms with Crippen LogP contribution in [0.5, 0.6) is 0 Å². The van der Waals surface area contributed by atoms with Crippen molar-refractivity contribution in [3.05, 3.63) is 71.8 Å². The van der Waals surface area contributed by atoms with Crippen LogP contribution in [0.15, 0.2) is 65.8 Å². The largest absolute Gasteiger partial charge is 0.481 e. The van der Waals surface area contributed by atoms with Gasteiger partial charge in [-0.1, -0.05) is 95.6 Å². The summed E-state index contributed by atoms with van der Waals surface area (Å²) in [5, 5.41) is 19.1. The zero-order valence-electron chi connectivity index (χ0n) is 22.1. The van der Waals surface area contributed by atoms with Gasteiger partial charge in [0.15, 0.2) is 5.78 Å². The number of nitrogens with zero attached hydrogens (tertiary/aromatic N) is 1. The van der Waals surface area contributed by atoms with Crippen LogP contribution in [0.2, 0.25) is 0 Å². The molecule has 2 amide bonds. The second-order valence-corrected chi connectivity index (χ2v) is 10.6. The number of aliphatic carboxylic acids is 1. The monoisotopic (exact) mass is 599 g/mol. The third-order valence-electron chi connectivity index (χ3n) is 6.58. The first-order valence-electron chi connectivity index (χ1n) is 12.9. The van der Waals surface area contributed by atoms with E-state index in [0.717, 1.165) is 11.1 Å². The molecule has 9 nitrogen and oxygen atoms in total. The van der Waals surface area contributed by atoms with Gasteiger partial charge in [0.1, 0.15) is 0 Å². The number of oxime groups is 1. The summed E-state index contributed by atoms with van der Waals surface area (Å²) < 4.78 is 0. The van der Waals surface area contributed by atoms with Crippen LogP contribution in [-0.4, -0.2) is 57.4 Å². The van der Waals surface area contributed by atoms with Crippen LogP contribution in [-0.2, 0) is 36.9 Å². The summed E-state index contributed by atoms with van der Waals surface area (Å²) in [6.07, 6.45) is 0.535. The lowest BCUT2D eigenvalue weighted by Crippen LogP contribution is -2.55. The molecular weight excluding hydrogens is 566 g/mol. The molecule has 3 rings (SSSR count). The van der Waals surface area contributed by atoms with Gasteiger partial charge in [0.25, 0.3) is 5.91 Å². The Morgan fingerprint density at radius 1 is 1.00 bits per heavy atom. The average Bonchev–Trinajstić information content (AvgIpc) is 3.35. The van der Waals surface area contributed by atoms with E-state index in [0.29, 0.717) is 18.6 Å². The number of amides is 2. The Hall–Kier alpha value is -3.53. The Morgan fingerprint density at radius 2 is 1.62 bits per heavy atom. The molecule has 10 heteroatoms. The number of carbonyl (C=O) groups is 4. The van der Waals surface area contributed by atoms with Gasteiger partial charge in [0, 0.05) is 19.3 Å². The number of carboxylic acids is 1.